The zero-order chi connectivity index (χ0) is 17.5. The first-order valence-corrected chi connectivity index (χ1v) is 8.98. The van der Waals surface area contributed by atoms with Crippen LogP contribution in [-0.4, -0.2) is 86.9 Å². The number of hydrogen-bond acceptors (Lipinski definition) is 5. The van der Waals surface area contributed by atoms with E-state index < -0.39 is 27.3 Å². The molecule has 2 N–H and O–H groups in total. The van der Waals surface area contributed by atoms with Crippen LogP contribution in [0.2, 0.25) is 0 Å². The number of aliphatic carboxylic acids is 1. The van der Waals surface area contributed by atoms with Crippen LogP contribution in [0, 0.1) is 0 Å². The van der Waals surface area contributed by atoms with Gasteiger partial charge in [0.05, 0.1) is 18.3 Å². The molecule has 0 saturated carbocycles. The maximum atomic E-state index is 12.5. The fraction of sp³-hybridized carbons (Fsp3) is 0.846. The molecule has 1 aliphatic heterocycles. The molecule has 2 amide bonds. The molecule has 9 nitrogen and oxygen atoms in total. The summed E-state index contributed by atoms with van der Waals surface area (Å²) >= 11 is 0. The molecule has 0 aromatic heterocycles. The van der Waals surface area contributed by atoms with Gasteiger partial charge in [-0.2, -0.15) is 0 Å². The van der Waals surface area contributed by atoms with Crippen molar-refractivity contribution in [3.8, 4) is 0 Å². The van der Waals surface area contributed by atoms with Crippen molar-refractivity contribution in [3.05, 3.63) is 0 Å². The summed E-state index contributed by atoms with van der Waals surface area (Å²) in [6.45, 7) is 1.17. The highest BCUT2D eigenvalue weighted by Crippen LogP contribution is 2.19. The summed E-state index contributed by atoms with van der Waals surface area (Å²) in [5.74, 6) is -0.996. The maximum Gasteiger partial charge on any atom is 0.317 e. The lowest BCUT2D eigenvalue weighted by Gasteiger charge is -2.34. The predicted octanol–water partition coefficient (Wildman–Crippen LogP) is -0.457. The number of nitrogens with one attached hydrogen (secondary N) is 1. The number of carbonyl (C=O) groups excluding carboxylic acids is 1. The molecule has 0 spiro atoms. The van der Waals surface area contributed by atoms with Crippen LogP contribution in [0.3, 0.4) is 0 Å². The van der Waals surface area contributed by atoms with Gasteiger partial charge in [0.25, 0.3) is 0 Å². The number of carboxylic acids is 1. The summed E-state index contributed by atoms with van der Waals surface area (Å²) in [6.07, 6.45) is 0.925. The molecule has 1 saturated heterocycles. The summed E-state index contributed by atoms with van der Waals surface area (Å²) in [4.78, 5) is 23.9. The smallest absolute Gasteiger partial charge is 0.317 e. The van der Waals surface area contributed by atoms with Crippen LogP contribution in [-0.2, 0) is 19.6 Å². The number of urea groups is 1. The number of ether oxygens (including phenoxy) is 1. The molecule has 0 radical (unpaired) electrons. The Kier molecular flexibility index (Phi) is 7.73. The van der Waals surface area contributed by atoms with Crippen LogP contribution < -0.4 is 5.32 Å². The second-order valence-electron chi connectivity index (χ2n) is 5.45. The Morgan fingerprint density at radius 1 is 1.43 bits per heavy atom. The SMILES string of the molecule is COCCN(C)S(=O)(=O)C1CCCN(C(=O)NCCC(=O)O)C1. The van der Waals surface area contributed by atoms with E-state index in [-0.39, 0.29) is 26.1 Å². The van der Waals surface area contributed by atoms with E-state index >= 15 is 0 Å². The molecule has 0 aromatic carbocycles. The standard InChI is InChI=1S/C13H25N3O6S/c1-15(8-9-22-2)23(20,21)11-4-3-7-16(10-11)13(19)14-6-5-12(17)18/h11H,3-10H2,1-2H3,(H,14,19)(H,17,18). The van der Waals surface area contributed by atoms with Gasteiger partial charge in [-0.15, -0.1) is 0 Å². The Morgan fingerprint density at radius 2 is 2.13 bits per heavy atom. The zero-order valence-corrected chi connectivity index (χ0v) is 14.3. The van der Waals surface area contributed by atoms with E-state index in [9.17, 15) is 18.0 Å². The summed E-state index contributed by atoms with van der Waals surface area (Å²) in [5, 5.41) is 10.4. The first kappa shape index (κ1) is 19.7. The van der Waals surface area contributed by atoms with Crippen LogP contribution in [0.1, 0.15) is 19.3 Å². The van der Waals surface area contributed by atoms with Gasteiger partial charge in [0.1, 0.15) is 0 Å². The Hall–Kier alpha value is -1.39. The highest BCUT2D eigenvalue weighted by atomic mass is 32.2. The quantitative estimate of drug-likeness (QED) is 0.611. The number of nitrogens with zero attached hydrogens (tertiary/aromatic N) is 2. The lowest BCUT2D eigenvalue weighted by Crippen LogP contribution is -2.51. The van der Waals surface area contributed by atoms with Gasteiger partial charge >= 0.3 is 12.0 Å². The highest BCUT2D eigenvalue weighted by molar-refractivity contribution is 7.89. The van der Waals surface area contributed by atoms with Crippen molar-refractivity contribution >= 4 is 22.0 Å². The number of piperidine rings is 1. The van der Waals surface area contributed by atoms with Gasteiger partial charge in [0, 0.05) is 40.3 Å². The number of carboxylic acid groups (broad SMARTS) is 1. The molecular formula is C13H25N3O6S. The lowest BCUT2D eigenvalue weighted by molar-refractivity contribution is -0.136. The third-order valence-electron chi connectivity index (χ3n) is 3.75. The molecule has 0 aliphatic carbocycles. The molecule has 134 valence electrons. The maximum absolute atomic E-state index is 12.5. The van der Waals surface area contributed by atoms with Gasteiger partial charge in [-0.3, -0.25) is 4.79 Å². The van der Waals surface area contributed by atoms with Gasteiger partial charge in [-0.1, -0.05) is 0 Å². The van der Waals surface area contributed by atoms with E-state index in [2.05, 4.69) is 5.32 Å². The van der Waals surface area contributed by atoms with E-state index in [1.54, 1.807) is 0 Å². The second kappa shape index (κ2) is 9.04. The van der Waals surface area contributed by atoms with Crippen LogP contribution in [0.25, 0.3) is 0 Å². The van der Waals surface area contributed by atoms with E-state index in [1.165, 1.54) is 23.4 Å². The summed E-state index contributed by atoms with van der Waals surface area (Å²) < 4.78 is 31.1. The molecule has 1 atom stereocenters. The Labute approximate surface area is 136 Å². The molecule has 1 unspecified atom stereocenters. The van der Waals surface area contributed by atoms with Crippen molar-refractivity contribution in [2.45, 2.75) is 24.5 Å². The molecule has 1 heterocycles. The number of methoxy groups -OCH3 is 1. The number of rotatable bonds is 8. The summed E-state index contributed by atoms with van der Waals surface area (Å²) in [7, 11) is -0.493. The van der Waals surface area contributed by atoms with Crippen molar-refractivity contribution in [1.29, 1.82) is 0 Å². The number of likely N-dealkylation sites (N-methyl/N-ethyl adjacent to an activating group) is 1. The molecular weight excluding hydrogens is 326 g/mol. The molecule has 0 aromatic rings. The lowest BCUT2D eigenvalue weighted by atomic mass is 10.1. The predicted molar refractivity (Wildman–Crippen MR) is 83.7 cm³/mol. The van der Waals surface area contributed by atoms with Crippen molar-refractivity contribution < 1.29 is 27.9 Å². The first-order valence-electron chi connectivity index (χ1n) is 7.47. The van der Waals surface area contributed by atoms with Crippen LogP contribution in [0.15, 0.2) is 0 Å². The van der Waals surface area contributed by atoms with Gasteiger partial charge in [0.2, 0.25) is 10.0 Å². The average molecular weight is 351 g/mol. The van der Waals surface area contributed by atoms with Crippen molar-refractivity contribution in [2.24, 2.45) is 0 Å². The number of sulfonamides is 1. The van der Waals surface area contributed by atoms with Gasteiger partial charge < -0.3 is 20.1 Å². The molecule has 1 rings (SSSR count). The molecule has 0 bridgehead atoms. The van der Waals surface area contributed by atoms with E-state index in [0.717, 1.165) is 0 Å². The minimum Gasteiger partial charge on any atom is -0.481 e. The largest absolute Gasteiger partial charge is 0.481 e. The third-order valence-corrected chi connectivity index (χ3v) is 6.03. The number of likely N-dealkylation sites (tertiary alicyclic amines) is 1. The first-order chi connectivity index (χ1) is 10.8. The molecule has 1 aliphatic rings. The number of amides is 2. The van der Waals surface area contributed by atoms with E-state index in [1.807, 2.05) is 0 Å². The third kappa shape index (κ3) is 5.96. The topological polar surface area (TPSA) is 116 Å². The Balaban J connectivity index is 2.59. The van der Waals surface area contributed by atoms with Crippen LogP contribution in [0.5, 0.6) is 0 Å². The minimum atomic E-state index is -3.50. The Morgan fingerprint density at radius 3 is 2.74 bits per heavy atom. The highest BCUT2D eigenvalue weighted by Gasteiger charge is 2.35. The van der Waals surface area contributed by atoms with Crippen LogP contribution in [0.4, 0.5) is 4.79 Å². The monoisotopic (exact) mass is 351 g/mol. The normalized spacial score (nSPS) is 18.9. The average Bonchev–Trinajstić information content (AvgIpc) is 2.52. The number of hydrogen-bond donors (Lipinski definition) is 2. The molecule has 1 fully saturated rings. The van der Waals surface area contributed by atoms with Gasteiger partial charge in [0.15, 0.2) is 0 Å². The summed E-state index contributed by atoms with van der Waals surface area (Å²) in [6, 6.07) is -0.425. The van der Waals surface area contributed by atoms with Crippen LogP contribution >= 0.6 is 0 Å². The zero-order valence-electron chi connectivity index (χ0n) is 13.5. The van der Waals surface area contributed by atoms with Gasteiger partial charge in [-0.05, 0) is 12.8 Å². The Bertz CT molecular complexity index is 510. The van der Waals surface area contributed by atoms with E-state index in [4.69, 9.17) is 9.84 Å². The second-order valence-corrected chi connectivity index (χ2v) is 7.77. The van der Waals surface area contributed by atoms with E-state index in [0.29, 0.717) is 26.0 Å². The summed E-state index contributed by atoms with van der Waals surface area (Å²) in [5.41, 5.74) is 0. The fourth-order valence-electron chi connectivity index (χ4n) is 2.36. The molecule has 23 heavy (non-hydrogen) atoms. The van der Waals surface area contributed by atoms with Crippen molar-refractivity contribution in [2.75, 3.05) is 46.9 Å². The van der Waals surface area contributed by atoms with Crippen molar-refractivity contribution in [3.63, 3.8) is 0 Å². The number of carbonyl (C=O) groups is 2. The minimum absolute atomic E-state index is 0.0236. The van der Waals surface area contributed by atoms with Crippen molar-refractivity contribution in [1.82, 2.24) is 14.5 Å². The molecule has 10 heteroatoms. The fourth-order valence-corrected chi connectivity index (χ4v) is 4.03. The van der Waals surface area contributed by atoms with Gasteiger partial charge in [-0.25, -0.2) is 17.5 Å².